The smallest absolute Gasteiger partial charge is 0.230 e. The molecule has 0 aromatic carbocycles. The summed E-state index contributed by atoms with van der Waals surface area (Å²) in [7, 11) is 0. The maximum absolute atomic E-state index is 13.7. The molecule has 0 aromatic heterocycles. The first-order valence-electron chi connectivity index (χ1n) is 12.6. The van der Waals surface area contributed by atoms with Crippen molar-refractivity contribution in [1.82, 2.24) is 9.80 Å². The monoisotopic (exact) mass is 396 g/mol. The Morgan fingerprint density at radius 1 is 0.517 bits per heavy atom. The van der Waals surface area contributed by atoms with Gasteiger partial charge in [-0.25, -0.2) is 0 Å². The van der Waals surface area contributed by atoms with Crippen molar-refractivity contribution in [3.63, 3.8) is 0 Å². The molecule has 9 fully saturated rings. The van der Waals surface area contributed by atoms with Gasteiger partial charge in [-0.15, -0.1) is 0 Å². The minimum absolute atomic E-state index is 0.0610. The topological polar surface area (TPSA) is 40.6 Å². The molecule has 158 valence electrons. The first-order chi connectivity index (χ1) is 14.0. The Bertz CT molecular complexity index is 625. The van der Waals surface area contributed by atoms with Gasteiger partial charge in [-0.3, -0.25) is 9.59 Å². The number of hydrogen-bond acceptors (Lipinski definition) is 2. The molecule has 0 N–H and O–H groups in total. The van der Waals surface area contributed by atoms with Gasteiger partial charge < -0.3 is 9.80 Å². The second-order valence-electron chi connectivity index (χ2n) is 12.7. The van der Waals surface area contributed by atoms with Crippen LogP contribution in [-0.2, 0) is 9.59 Å². The van der Waals surface area contributed by atoms with Crippen molar-refractivity contribution in [2.75, 3.05) is 19.8 Å². The summed E-state index contributed by atoms with van der Waals surface area (Å²) < 4.78 is 0. The van der Waals surface area contributed by atoms with Gasteiger partial charge in [0.15, 0.2) is 0 Å². The molecule has 1 aliphatic heterocycles. The van der Waals surface area contributed by atoms with Crippen LogP contribution in [-0.4, -0.2) is 41.4 Å². The molecule has 8 saturated carbocycles. The highest BCUT2D eigenvalue weighted by atomic mass is 16.2. The van der Waals surface area contributed by atoms with Gasteiger partial charge in [-0.2, -0.15) is 0 Å². The van der Waals surface area contributed by atoms with E-state index in [2.05, 4.69) is 9.80 Å². The Labute approximate surface area is 174 Å². The normalized spacial score (nSPS) is 51.9. The van der Waals surface area contributed by atoms with Crippen LogP contribution in [0.4, 0.5) is 0 Å². The van der Waals surface area contributed by atoms with Gasteiger partial charge in [0, 0.05) is 13.1 Å². The molecule has 9 aliphatic rings. The van der Waals surface area contributed by atoms with E-state index in [1.807, 2.05) is 0 Å². The summed E-state index contributed by atoms with van der Waals surface area (Å²) in [5.41, 5.74) is -0.122. The highest BCUT2D eigenvalue weighted by molar-refractivity contribution is 5.87. The Hall–Kier alpha value is -1.06. The van der Waals surface area contributed by atoms with E-state index in [9.17, 15) is 9.59 Å². The molecule has 4 heteroatoms. The summed E-state index contributed by atoms with van der Waals surface area (Å²) in [6.45, 7) is 2.14. The minimum atomic E-state index is -0.0610. The summed E-state index contributed by atoms with van der Waals surface area (Å²) in [5, 5.41) is 0. The van der Waals surface area contributed by atoms with Gasteiger partial charge in [-0.05, 0) is 113 Å². The van der Waals surface area contributed by atoms with Gasteiger partial charge in [0.2, 0.25) is 11.8 Å². The van der Waals surface area contributed by atoms with Crippen molar-refractivity contribution in [1.29, 1.82) is 0 Å². The SMILES string of the molecule is O=C(N1CCN(C(=O)C23CC4CC(CC(C4)C2)C3)C1)C12CC3CC(CC(C3)C1)C2. The number of amides is 2. The van der Waals surface area contributed by atoms with E-state index in [1.165, 1.54) is 38.5 Å². The van der Waals surface area contributed by atoms with E-state index in [0.717, 1.165) is 87.1 Å². The fourth-order valence-corrected chi connectivity index (χ4v) is 10.3. The Kier molecular flexibility index (Phi) is 3.52. The summed E-state index contributed by atoms with van der Waals surface area (Å²) >= 11 is 0. The van der Waals surface area contributed by atoms with Crippen LogP contribution in [0.25, 0.3) is 0 Å². The van der Waals surface area contributed by atoms with Crippen molar-refractivity contribution in [3.8, 4) is 0 Å². The molecule has 0 unspecified atom stereocenters. The van der Waals surface area contributed by atoms with Gasteiger partial charge in [0.1, 0.15) is 0 Å². The van der Waals surface area contributed by atoms with Crippen LogP contribution in [0, 0.1) is 46.3 Å². The second-order valence-corrected chi connectivity index (χ2v) is 12.7. The molecule has 0 atom stereocenters. The number of nitrogens with zero attached hydrogens (tertiary/aromatic N) is 2. The van der Waals surface area contributed by atoms with Crippen LogP contribution in [0.5, 0.6) is 0 Å². The van der Waals surface area contributed by atoms with E-state index < -0.39 is 0 Å². The molecular weight excluding hydrogens is 360 g/mol. The lowest BCUT2D eigenvalue weighted by molar-refractivity contribution is -0.161. The van der Waals surface area contributed by atoms with E-state index in [0.29, 0.717) is 18.5 Å². The van der Waals surface area contributed by atoms with Crippen LogP contribution in [0.15, 0.2) is 0 Å². The minimum Gasteiger partial charge on any atom is -0.323 e. The lowest BCUT2D eigenvalue weighted by Crippen LogP contribution is -2.56. The fraction of sp³-hybridized carbons (Fsp3) is 0.920. The van der Waals surface area contributed by atoms with Crippen LogP contribution < -0.4 is 0 Å². The standard InChI is InChI=1S/C25H36N2O2/c28-22(24-9-16-3-17(10-24)5-18(4-16)11-24)26-1-2-27(15-26)23(29)25-12-19-6-20(13-25)8-21(7-19)14-25/h16-21H,1-15H2. The largest absolute Gasteiger partial charge is 0.323 e. The molecule has 0 spiro atoms. The predicted molar refractivity (Wildman–Crippen MR) is 110 cm³/mol. The maximum Gasteiger partial charge on any atom is 0.230 e. The van der Waals surface area contributed by atoms with E-state index in [-0.39, 0.29) is 10.8 Å². The summed E-state index contributed by atoms with van der Waals surface area (Å²) in [6, 6.07) is 0. The van der Waals surface area contributed by atoms with Crippen molar-refractivity contribution >= 4 is 11.8 Å². The highest BCUT2D eigenvalue weighted by Crippen LogP contribution is 2.62. The molecule has 8 bridgehead atoms. The van der Waals surface area contributed by atoms with Crippen molar-refractivity contribution in [2.45, 2.75) is 77.0 Å². The average molecular weight is 397 g/mol. The molecule has 9 rings (SSSR count). The van der Waals surface area contributed by atoms with Crippen LogP contribution >= 0.6 is 0 Å². The lowest BCUT2D eigenvalue weighted by Gasteiger charge is -2.56. The number of carbonyl (C=O) groups is 2. The zero-order chi connectivity index (χ0) is 19.4. The first-order valence-corrected chi connectivity index (χ1v) is 12.6. The quantitative estimate of drug-likeness (QED) is 0.707. The van der Waals surface area contributed by atoms with Gasteiger partial charge >= 0.3 is 0 Å². The van der Waals surface area contributed by atoms with Crippen LogP contribution in [0.2, 0.25) is 0 Å². The molecule has 1 saturated heterocycles. The summed E-state index contributed by atoms with van der Waals surface area (Å²) in [6.07, 6.45) is 15.1. The van der Waals surface area contributed by atoms with E-state index in [4.69, 9.17) is 0 Å². The van der Waals surface area contributed by atoms with E-state index >= 15 is 0 Å². The number of hydrogen-bond donors (Lipinski definition) is 0. The average Bonchev–Trinajstić information content (AvgIpc) is 3.14. The van der Waals surface area contributed by atoms with E-state index in [1.54, 1.807) is 0 Å². The molecule has 0 aromatic rings. The number of carbonyl (C=O) groups excluding carboxylic acids is 2. The van der Waals surface area contributed by atoms with Gasteiger partial charge in [0.05, 0.1) is 17.5 Å². The Balaban J connectivity index is 1.08. The zero-order valence-electron chi connectivity index (χ0n) is 17.8. The van der Waals surface area contributed by atoms with Gasteiger partial charge in [0.25, 0.3) is 0 Å². The fourth-order valence-electron chi connectivity index (χ4n) is 10.3. The number of rotatable bonds is 2. The van der Waals surface area contributed by atoms with Crippen molar-refractivity contribution in [2.24, 2.45) is 46.3 Å². The Morgan fingerprint density at radius 3 is 1.07 bits per heavy atom. The van der Waals surface area contributed by atoms with Gasteiger partial charge in [-0.1, -0.05) is 0 Å². The summed E-state index contributed by atoms with van der Waals surface area (Å²) in [5.74, 6) is 5.65. The van der Waals surface area contributed by atoms with Crippen LogP contribution in [0.3, 0.4) is 0 Å². The molecule has 8 aliphatic carbocycles. The highest BCUT2D eigenvalue weighted by Gasteiger charge is 2.58. The predicted octanol–water partition coefficient (Wildman–Crippen LogP) is 4.05. The summed E-state index contributed by atoms with van der Waals surface area (Å²) in [4.78, 5) is 31.6. The molecule has 0 radical (unpaired) electrons. The third-order valence-corrected chi connectivity index (χ3v) is 10.5. The maximum atomic E-state index is 13.7. The second kappa shape index (κ2) is 5.79. The molecule has 1 heterocycles. The lowest BCUT2D eigenvalue weighted by atomic mass is 9.49. The third kappa shape index (κ3) is 2.50. The Morgan fingerprint density at radius 2 is 0.793 bits per heavy atom. The van der Waals surface area contributed by atoms with Crippen molar-refractivity contribution in [3.05, 3.63) is 0 Å². The molecule has 29 heavy (non-hydrogen) atoms. The third-order valence-electron chi connectivity index (χ3n) is 10.5. The molecule has 2 amide bonds. The molecular formula is C25H36N2O2. The van der Waals surface area contributed by atoms with Crippen LogP contribution in [0.1, 0.15) is 77.0 Å². The molecule has 4 nitrogen and oxygen atoms in total. The van der Waals surface area contributed by atoms with Crippen molar-refractivity contribution < 1.29 is 9.59 Å². The first kappa shape index (κ1) is 17.6. The zero-order valence-corrected chi connectivity index (χ0v) is 17.8.